The molecule has 3 heteroatoms. The molecule has 0 unspecified atom stereocenters. The predicted octanol–water partition coefficient (Wildman–Crippen LogP) is 4.20. The van der Waals surface area contributed by atoms with Crippen LogP contribution in [-0.2, 0) is 6.54 Å². The van der Waals surface area contributed by atoms with Crippen LogP contribution in [0.25, 0.3) is 0 Å². The van der Waals surface area contributed by atoms with Crippen LogP contribution in [0.1, 0.15) is 46.5 Å². The number of hydrogen-bond donors (Lipinski definition) is 1. The summed E-state index contributed by atoms with van der Waals surface area (Å²) >= 11 is 0. The molecule has 0 aliphatic heterocycles. The van der Waals surface area contributed by atoms with E-state index < -0.39 is 6.10 Å². The van der Waals surface area contributed by atoms with E-state index in [2.05, 4.69) is 17.9 Å². The van der Waals surface area contributed by atoms with Gasteiger partial charge in [-0.2, -0.15) is 0 Å². The summed E-state index contributed by atoms with van der Waals surface area (Å²) in [6.45, 7) is 10.7. The van der Waals surface area contributed by atoms with Crippen molar-refractivity contribution in [1.29, 1.82) is 0 Å². The third-order valence-electron chi connectivity index (χ3n) is 4.44. The molecule has 24 heavy (non-hydrogen) atoms. The van der Waals surface area contributed by atoms with E-state index >= 15 is 0 Å². The van der Waals surface area contributed by atoms with E-state index in [1.807, 2.05) is 44.2 Å². The number of aliphatic hydroxyl groups is 1. The SMILES string of the molecule is CC(=O)c1c(C)cc(C)c(CN(C[C@H](C)O)c2ccccc2)c1C. The molecule has 0 radical (unpaired) electrons. The van der Waals surface area contributed by atoms with E-state index in [0.717, 1.165) is 27.9 Å². The number of carbonyl (C=O) groups is 1. The number of para-hydroxylation sites is 1. The van der Waals surface area contributed by atoms with Crippen molar-refractivity contribution in [3.05, 3.63) is 64.2 Å². The normalized spacial score (nSPS) is 12.1. The number of anilines is 1. The van der Waals surface area contributed by atoms with Gasteiger partial charge >= 0.3 is 0 Å². The van der Waals surface area contributed by atoms with Crippen LogP contribution < -0.4 is 4.90 Å². The average Bonchev–Trinajstić information content (AvgIpc) is 2.50. The number of ketones is 1. The lowest BCUT2D eigenvalue weighted by Crippen LogP contribution is -2.31. The minimum absolute atomic E-state index is 0.105. The van der Waals surface area contributed by atoms with Crippen molar-refractivity contribution in [1.82, 2.24) is 0 Å². The van der Waals surface area contributed by atoms with Crippen molar-refractivity contribution in [3.8, 4) is 0 Å². The Morgan fingerprint density at radius 1 is 1.12 bits per heavy atom. The summed E-state index contributed by atoms with van der Waals surface area (Å²) in [5.41, 5.74) is 6.31. The molecule has 0 saturated heterocycles. The summed E-state index contributed by atoms with van der Waals surface area (Å²) in [6.07, 6.45) is -0.427. The third-order valence-corrected chi connectivity index (χ3v) is 4.44. The lowest BCUT2D eigenvalue weighted by atomic mass is 9.91. The third kappa shape index (κ3) is 4.04. The standard InChI is InChI=1S/C21H27NO2/c1-14-11-15(2)21(18(5)24)17(4)20(14)13-22(12-16(3)23)19-9-7-6-8-10-19/h6-11,16,23H,12-13H2,1-5H3/t16-/m0/s1. The zero-order chi connectivity index (χ0) is 17.9. The van der Waals surface area contributed by atoms with Crippen molar-refractivity contribution in [3.63, 3.8) is 0 Å². The molecule has 128 valence electrons. The van der Waals surface area contributed by atoms with Crippen molar-refractivity contribution >= 4 is 11.5 Å². The number of rotatable bonds is 6. The van der Waals surface area contributed by atoms with Gasteiger partial charge in [0.05, 0.1) is 6.10 Å². The molecular formula is C21H27NO2. The Labute approximate surface area is 144 Å². The van der Waals surface area contributed by atoms with Crippen LogP contribution in [0.5, 0.6) is 0 Å². The van der Waals surface area contributed by atoms with E-state index in [1.54, 1.807) is 13.8 Å². The fourth-order valence-corrected chi connectivity index (χ4v) is 3.42. The Kier molecular flexibility index (Phi) is 5.79. The molecule has 1 N–H and O–H groups in total. The maximum Gasteiger partial charge on any atom is 0.160 e. The lowest BCUT2D eigenvalue weighted by Gasteiger charge is -2.28. The van der Waals surface area contributed by atoms with Crippen LogP contribution in [-0.4, -0.2) is 23.5 Å². The summed E-state index contributed by atoms with van der Waals surface area (Å²) in [5, 5.41) is 9.89. The highest BCUT2D eigenvalue weighted by atomic mass is 16.3. The summed E-state index contributed by atoms with van der Waals surface area (Å²) in [6, 6.07) is 12.2. The van der Waals surface area contributed by atoms with E-state index in [9.17, 15) is 9.90 Å². The Balaban J connectivity index is 2.46. The Morgan fingerprint density at radius 3 is 2.29 bits per heavy atom. The second kappa shape index (κ2) is 7.63. The molecule has 0 aromatic heterocycles. The molecule has 1 atom stereocenters. The van der Waals surface area contributed by atoms with Gasteiger partial charge in [-0.1, -0.05) is 24.3 Å². The van der Waals surface area contributed by atoms with Gasteiger partial charge in [0, 0.05) is 24.3 Å². The number of hydrogen-bond acceptors (Lipinski definition) is 3. The van der Waals surface area contributed by atoms with Crippen molar-refractivity contribution in [2.45, 2.75) is 47.3 Å². The van der Waals surface area contributed by atoms with Crippen molar-refractivity contribution in [2.24, 2.45) is 0 Å². The molecule has 0 spiro atoms. The molecule has 0 heterocycles. The van der Waals surface area contributed by atoms with Crippen LogP contribution in [0.4, 0.5) is 5.69 Å². The zero-order valence-electron chi connectivity index (χ0n) is 15.3. The van der Waals surface area contributed by atoms with Gasteiger partial charge in [0.1, 0.15) is 0 Å². The van der Waals surface area contributed by atoms with Crippen molar-refractivity contribution in [2.75, 3.05) is 11.4 Å². The molecule has 2 aromatic rings. The summed E-state index contributed by atoms with van der Waals surface area (Å²) in [4.78, 5) is 14.2. The molecule has 2 aromatic carbocycles. The zero-order valence-corrected chi connectivity index (χ0v) is 15.3. The average molecular weight is 325 g/mol. The van der Waals surface area contributed by atoms with Crippen LogP contribution in [0, 0.1) is 20.8 Å². The molecule has 2 rings (SSSR count). The molecule has 0 amide bonds. The molecule has 0 aliphatic rings. The van der Waals surface area contributed by atoms with Crippen LogP contribution >= 0.6 is 0 Å². The number of Topliss-reactive ketones (excluding diaryl/α,β-unsaturated/α-hetero) is 1. The Morgan fingerprint density at radius 2 is 1.75 bits per heavy atom. The fourth-order valence-electron chi connectivity index (χ4n) is 3.42. The van der Waals surface area contributed by atoms with E-state index in [-0.39, 0.29) is 5.78 Å². The number of benzene rings is 2. The molecule has 0 saturated carbocycles. The van der Waals surface area contributed by atoms with Gasteiger partial charge < -0.3 is 10.0 Å². The highest BCUT2D eigenvalue weighted by Crippen LogP contribution is 2.26. The fraction of sp³-hybridized carbons (Fsp3) is 0.381. The monoisotopic (exact) mass is 325 g/mol. The van der Waals surface area contributed by atoms with Crippen molar-refractivity contribution < 1.29 is 9.90 Å². The summed E-state index contributed by atoms with van der Waals surface area (Å²) < 4.78 is 0. The second-order valence-corrected chi connectivity index (χ2v) is 6.61. The summed E-state index contributed by atoms with van der Waals surface area (Å²) in [7, 11) is 0. The Bertz CT molecular complexity index is 720. The second-order valence-electron chi connectivity index (χ2n) is 6.61. The highest BCUT2D eigenvalue weighted by molar-refractivity contribution is 5.97. The molecule has 0 fully saturated rings. The minimum atomic E-state index is -0.427. The number of aryl methyl sites for hydroxylation is 2. The topological polar surface area (TPSA) is 40.5 Å². The molecule has 0 bridgehead atoms. The van der Waals surface area contributed by atoms with Gasteiger partial charge in [-0.25, -0.2) is 0 Å². The highest BCUT2D eigenvalue weighted by Gasteiger charge is 2.17. The van der Waals surface area contributed by atoms with Crippen LogP contribution in [0.2, 0.25) is 0 Å². The molecular weight excluding hydrogens is 298 g/mol. The van der Waals surface area contributed by atoms with Gasteiger partial charge in [0.15, 0.2) is 5.78 Å². The molecule has 0 aliphatic carbocycles. The first-order chi connectivity index (χ1) is 11.3. The quantitative estimate of drug-likeness (QED) is 0.809. The smallest absolute Gasteiger partial charge is 0.160 e. The minimum Gasteiger partial charge on any atom is -0.392 e. The lowest BCUT2D eigenvalue weighted by molar-refractivity contribution is 0.101. The van der Waals surface area contributed by atoms with Gasteiger partial charge in [0.25, 0.3) is 0 Å². The first kappa shape index (κ1) is 18.2. The van der Waals surface area contributed by atoms with Gasteiger partial charge in [-0.15, -0.1) is 0 Å². The number of aliphatic hydroxyl groups excluding tert-OH is 1. The van der Waals surface area contributed by atoms with E-state index in [4.69, 9.17) is 0 Å². The first-order valence-corrected chi connectivity index (χ1v) is 8.40. The molecule has 3 nitrogen and oxygen atoms in total. The van der Waals surface area contributed by atoms with Gasteiger partial charge in [0.2, 0.25) is 0 Å². The first-order valence-electron chi connectivity index (χ1n) is 8.40. The van der Waals surface area contributed by atoms with E-state index in [1.165, 1.54) is 5.56 Å². The summed E-state index contributed by atoms with van der Waals surface area (Å²) in [5.74, 6) is 0.105. The largest absolute Gasteiger partial charge is 0.392 e. The van der Waals surface area contributed by atoms with E-state index in [0.29, 0.717) is 13.1 Å². The number of nitrogens with zero attached hydrogens (tertiary/aromatic N) is 1. The van der Waals surface area contributed by atoms with Crippen LogP contribution in [0.15, 0.2) is 36.4 Å². The Hall–Kier alpha value is -2.13. The van der Waals surface area contributed by atoms with Gasteiger partial charge in [-0.05, 0) is 69.0 Å². The number of carbonyl (C=O) groups excluding carboxylic acids is 1. The maximum absolute atomic E-state index is 12.0. The predicted molar refractivity (Wildman–Crippen MR) is 99.8 cm³/mol. The maximum atomic E-state index is 12.0. The van der Waals surface area contributed by atoms with Gasteiger partial charge in [-0.3, -0.25) is 4.79 Å². The van der Waals surface area contributed by atoms with Crippen LogP contribution in [0.3, 0.4) is 0 Å².